The van der Waals surface area contributed by atoms with E-state index in [1.54, 1.807) is 6.20 Å². The Bertz CT molecular complexity index is 928. The highest BCUT2D eigenvalue weighted by molar-refractivity contribution is 5.82. The van der Waals surface area contributed by atoms with Gasteiger partial charge in [-0.05, 0) is 23.3 Å². The molecular formula is C21H20N2O4. The summed E-state index contributed by atoms with van der Waals surface area (Å²) in [6.45, 7) is 0.125. The van der Waals surface area contributed by atoms with Crippen molar-refractivity contribution in [1.29, 1.82) is 0 Å². The molecule has 0 saturated carbocycles. The van der Waals surface area contributed by atoms with Gasteiger partial charge in [0.25, 0.3) is 0 Å². The topological polar surface area (TPSA) is 77.5 Å². The number of aromatic nitrogens is 1. The predicted molar refractivity (Wildman–Crippen MR) is 101 cm³/mol. The van der Waals surface area contributed by atoms with Crippen LogP contribution in [0, 0.1) is 0 Å². The maximum atomic E-state index is 12.1. The summed E-state index contributed by atoms with van der Waals surface area (Å²) in [6, 6.07) is 18.0. The molecule has 2 aromatic carbocycles. The monoisotopic (exact) mass is 364 g/mol. The fraction of sp³-hybridized carbons (Fsp3) is 0.190. The first-order chi connectivity index (χ1) is 13.2. The van der Waals surface area contributed by atoms with Crippen LogP contribution in [0.1, 0.15) is 11.1 Å². The molecule has 0 fully saturated rings. The second-order valence-corrected chi connectivity index (χ2v) is 6.02. The molecule has 1 amide bonds. The van der Waals surface area contributed by atoms with E-state index in [0.717, 1.165) is 22.0 Å². The molecule has 0 saturated heterocycles. The van der Waals surface area contributed by atoms with Crippen LogP contribution in [0.3, 0.4) is 0 Å². The van der Waals surface area contributed by atoms with Gasteiger partial charge in [0.05, 0.1) is 12.6 Å². The van der Waals surface area contributed by atoms with Crippen LogP contribution in [0.2, 0.25) is 0 Å². The van der Waals surface area contributed by atoms with Crippen molar-refractivity contribution >= 4 is 23.0 Å². The lowest BCUT2D eigenvalue weighted by atomic mass is 10.0. The van der Waals surface area contributed by atoms with Gasteiger partial charge >= 0.3 is 12.1 Å². The first-order valence-corrected chi connectivity index (χ1v) is 8.54. The van der Waals surface area contributed by atoms with Crippen LogP contribution in [0.15, 0.2) is 66.9 Å². The van der Waals surface area contributed by atoms with Gasteiger partial charge in [-0.2, -0.15) is 0 Å². The number of nitrogens with one attached hydrogen (secondary N) is 1. The number of methoxy groups -OCH3 is 1. The van der Waals surface area contributed by atoms with Crippen LogP contribution in [0.4, 0.5) is 4.79 Å². The van der Waals surface area contributed by atoms with E-state index in [4.69, 9.17) is 9.47 Å². The fourth-order valence-corrected chi connectivity index (χ4v) is 2.72. The van der Waals surface area contributed by atoms with Gasteiger partial charge in [-0.3, -0.25) is 4.98 Å². The number of hydrogen-bond donors (Lipinski definition) is 1. The first kappa shape index (κ1) is 18.4. The first-order valence-electron chi connectivity index (χ1n) is 8.54. The van der Waals surface area contributed by atoms with Crippen molar-refractivity contribution in [2.45, 2.75) is 19.1 Å². The molecular weight excluding hydrogens is 344 g/mol. The molecule has 0 aliphatic rings. The van der Waals surface area contributed by atoms with E-state index in [1.165, 1.54) is 7.11 Å². The van der Waals surface area contributed by atoms with Gasteiger partial charge in [-0.25, -0.2) is 9.59 Å². The molecule has 0 radical (unpaired) electrons. The van der Waals surface area contributed by atoms with Gasteiger partial charge in [-0.1, -0.05) is 48.5 Å². The molecule has 1 atom stereocenters. The number of alkyl carbamates (subject to hydrolysis) is 1. The summed E-state index contributed by atoms with van der Waals surface area (Å²) < 4.78 is 10.0. The Morgan fingerprint density at radius 2 is 1.85 bits per heavy atom. The molecule has 6 heteroatoms. The average Bonchev–Trinajstić information content (AvgIpc) is 2.72. The third kappa shape index (κ3) is 5.04. The average molecular weight is 364 g/mol. The SMILES string of the molecule is COC(=O)[C@H](Cc1ccc2cccnc2c1)NC(=O)OCc1ccccc1. The van der Waals surface area contributed by atoms with Gasteiger partial charge in [0.15, 0.2) is 0 Å². The zero-order valence-corrected chi connectivity index (χ0v) is 14.9. The molecule has 0 aliphatic heterocycles. The Morgan fingerprint density at radius 1 is 1.04 bits per heavy atom. The Labute approximate surface area is 157 Å². The van der Waals surface area contributed by atoms with Crippen molar-refractivity contribution in [3.63, 3.8) is 0 Å². The normalized spacial score (nSPS) is 11.6. The van der Waals surface area contributed by atoms with Gasteiger partial charge in [-0.15, -0.1) is 0 Å². The number of ether oxygens (including phenoxy) is 2. The lowest BCUT2D eigenvalue weighted by Crippen LogP contribution is -2.43. The molecule has 0 spiro atoms. The summed E-state index contributed by atoms with van der Waals surface area (Å²) in [6.07, 6.45) is 1.32. The molecule has 0 unspecified atom stereocenters. The van der Waals surface area contributed by atoms with Crippen LogP contribution in [-0.4, -0.2) is 30.2 Å². The number of esters is 1. The van der Waals surface area contributed by atoms with Crippen molar-refractivity contribution in [3.8, 4) is 0 Å². The molecule has 1 aromatic heterocycles. The van der Waals surface area contributed by atoms with Crippen LogP contribution < -0.4 is 5.32 Å². The van der Waals surface area contributed by atoms with Crippen molar-refractivity contribution in [3.05, 3.63) is 78.0 Å². The largest absolute Gasteiger partial charge is 0.467 e. The third-order valence-corrected chi connectivity index (χ3v) is 4.10. The molecule has 3 rings (SSSR count). The summed E-state index contributed by atoms with van der Waals surface area (Å²) in [7, 11) is 1.29. The smallest absolute Gasteiger partial charge is 0.408 e. The summed E-state index contributed by atoms with van der Waals surface area (Å²) in [4.78, 5) is 28.5. The summed E-state index contributed by atoms with van der Waals surface area (Å²) >= 11 is 0. The second kappa shape index (κ2) is 8.80. The fourth-order valence-electron chi connectivity index (χ4n) is 2.72. The highest BCUT2D eigenvalue weighted by Crippen LogP contribution is 2.15. The molecule has 0 bridgehead atoms. The maximum Gasteiger partial charge on any atom is 0.408 e. The Morgan fingerprint density at radius 3 is 2.63 bits per heavy atom. The number of carbonyl (C=O) groups excluding carboxylic acids is 2. The van der Waals surface area contributed by atoms with Gasteiger partial charge < -0.3 is 14.8 Å². The zero-order chi connectivity index (χ0) is 19.1. The molecule has 27 heavy (non-hydrogen) atoms. The number of fused-ring (bicyclic) bond motifs is 1. The van der Waals surface area contributed by atoms with E-state index >= 15 is 0 Å². The molecule has 1 heterocycles. The Balaban J connectivity index is 1.65. The highest BCUT2D eigenvalue weighted by Gasteiger charge is 2.23. The van der Waals surface area contributed by atoms with Gasteiger partial charge in [0, 0.05) is 18.0 Å². The van der Waals surface area contributed by atoms with Crippen LogP contribution in [-0.2, 0) is 27.3 Å². The number of benzene rings is 2. The standard InChI is InChI=1S/C21H20N2O4/c1-26-20(24)19(23-21(25)27-14-15-6-3-2-4-7-15)13-16-9-10-17-8-5-11-22-18(17)12-16/h2-12,19H,13-14H2,1H3,(H,23,25)/t19-/m0/s1. The van der Waals surface area contributed by atoms with Crippen molar-refractivity contribution in [1.82, 2.24) is 10.3 Å². The van der Waals surface area contributed by atoms with Crippen LogP contribution in [0.5, 0.6) is 0 Å². The minimum absolute atomic E-state index is 0.125. The number of carbonyl (C=O) groups is 2. The van der Waals surface area contributed by atoms with E-state index in [2.05, 4.69) is 10.3 Å². The summed E-state index contributed by atoms with van der Waals surface area (Å²) in [5, 5.41) is 3.58. The van der Waals surface area contributed by atoms with Crippen molar-refractivity contribution < 1.29 is 19.1 Å². The van der Waals surface area contributed by atoms with E-state index < -0.39 is 18.1 Å². The van der Waals surface area contributed by atoms with Crippen molar-refractivity contribution in [2.24, 2.45) is 0 Å². The zero-order valence-electron chi connectivity index (χ0n) is 14.9. The predicted octanol–water partition coefficient (Wildman–Crippen LogP) is 3.25. The summed E-state index contributed by atoms with van der Waals surface area (Å²) in [5.41, 5.74) is 2.55. The number of amides is 1. The number of rotatable bonds is 6. The Hall–Kier alpha value is -3.41. The minimum Gasteiger partial charge on any atom is -0.467 e. The molecule has 138 valence electrons. The maximum absolute atomic E-state index is 12.1. The number of nitrogens with zero attached hydrogens (tertiary/aromatic N) is 1. The third-order valence-electron chi connectivity index (χ3n) is 4.10. The van der Waals surface area contributed by atoms with E-state index in [9.17, 15) is 9.59 Å². The molecule has 1 N–H and O–H groups in total. The van der Waals surface area contributed by atoms with Crippen LogP contribution >= 0.6 is 0 Å². The molecule has 3 aromatic rings. The van der Waals surface area contributed by atoms with Gasteiger partial charge in [0.1, 0.15) is 12.6 Å². The lowest BCUT2D eigenvalue weighted by Gasteiger charge is -2.17. The van der Waals surface area contributed by atoms with E-state index in [1.807, 2.05) is 60.7 Å². The highest BCUT2D eigenvalue weighted by atomic mass is 16.6. The molecule has 0 aliphatic carbocycles. The van der Waals surface area contributed by atoms with E-state index in [-0.39, 0.29) is 13.0 Å². The van der Waals surface area contributed by atoms with Crippen LogP contribution in [0.25, 0.3) is 10.9 Å². The quantitative estimate of drug-likeness (QED) is 0.680. The minimum atomic E-state index is -0.848. The number of pyridine rings is 1. The van der Waals surface area contributed by atoms with Crippen molar-refractivity contribution in [2.75, 3.05) is 7.11 Å². The summed E-state index contributed by atoms with van der Waals surface area (Å²) in [5.74, 6) is -0.534. The van der Waals surface area contributed by atoms with E-state index in [0.29, 0.717) is 0 Å². The van der Waals surface area contributed by atoms with Gasteiger partial charge in [0.2, 0.25) is 0 Å². The number of hydrogen-bond acceptors (Lipinski definition) is 5. The second-order valence-electron chi connectivity index (χ2n) is 6.02. The Kier molecular flexibility index (Phi) is 5.99. The molecule has 6 nitrogen and oxygen atoms in total. The lowest BCUT2D eigenvalue weighted by molar-refractivity contribution is -0.143.